The summed E-state index contributed by atoms with van der Waals surface area (Å²) in [6.45, 7) is 18.3. The summed E-state index contributed by atoms with van der Waals surface area (Å²) in [5, 5.41) is 0. The van der Waals surface area contributed by atoms with Crippen molar-refractivity contribution in [1.82, 2.24) is 0 Å². The SMILES string of the molecule is C=CC1=C(\C=C)CN(C(=O)C(C)(C)CC)c2ccccc2/C=C\1.CC. The number of hydrogen-bond donors (Lipinski definition) is 0. The van der Waals surface area contributed by atoms with E-state index in [1.165, 1.54) is 0 Å². The molecule has 0 atom stereocenters. The average Bonchev–Trinajstić information content (AvgIpc) is 2.64. The van der Waals surface area contributed by atoms with Crippen LogP contribution in [0.1, 0.15) is 46.6 Å². The lowest BCUT2D eigenvalue weighted by Crippen LogP contribution is -2.42. The van der Waals surface area contributed by atoms with Gasteiger partial charge in [-0.15, -0.1) is 0 Å². The van der Waals surface area contributed by atoms with Crippen LogP contribution in [0.2, 0.25) is 0 Å². The molecule has 1 amide bonds. The number of carbonyl (C=O) groups is 1. The molecule has 0 N–H and O–H groups in total. The molecule has 0 saturated carbocycles. The van der Waals surface area contributed by atoms with E-state index in [9.17, 15) is 4.79 Å². The zero-order chi connectivity index (χ0) is 19.0. The van der Waals surface area contributed by atoms with Crippen LogP contribution in [0, 0.1) is 5.41 Å². The number of rotatable bonds is 4. The van der Waals surface area contributed by atoms with Crippen molar-refractivity contribution in [2.45, 2.75) is 41.0 Å². The maximum Gasteiger partial charge on any atom is 0.232 e. The van der Waals surface area contributed by atoms with Crippen molar-refractivity contribution in [3.8, 4) is 0 Å². The van der Waals surface area contributed by atoms with E-state index >= 15 is 0 Å². The standard InChI is InChI=1S/C21H25NO.C2H6/c1-6-16-13-14-18-11-9-10-12-19(18)22(15-17(16)7-2)20(23)21(4,5)8-3;1-2/h6-7,9-14H,1-2,8,15H2,3-5H3;1-2H3/b14-13-,17-16-;. The Kier molecular flexibility index (Phi) is 7.63. The predicted molar refractivity (Wildman–Crippen MR) is 111 cm³/mol. The zero-order valence-electron chi connectivity index (χ0n) is 16.3. The smallest absolute Gasteiger partial charge is 0.232 e. The average molecular weight is 338 g/mol. The van der Waals surface area contributed by atoms with Crippen molar-refractivity contribution < 1.29 is 4.79 Å². The van der Waals surface area contributed by atoms with Gasteiger partial charge in [0.15, 0.2) is 0 Å². The molecule has 2 heteroatoms. The van der Waals surface area contributed by atoms with E-state index < -0.39 is 5.41 Å². The summed E-state index contributed by atoms with van der Waals surface area (Å²) in [6.07, 6.45) is 8.50. The zero-order valence-corrected chi connectivity index (χ0v) is 16.3. The molecule has 2 rings (SSSR count). The molecule has 0 spiro atoms. The van der Waals surface area contributed by atoms with Crippen LogP contribution in [0.15, 0.2) is 66.8 Å². The quantitative estimate of drug-likeness (QED) is 0.642. The van der Waals surface area contributed by atoms with Crippen molar-refractivity contribution in [3.05, 3.63) is 72.4 Å². The third kappa shape index (κ3) is 4.60. The minimum Gasteiger partial charge on any atom is -0.307 e. The highest BCUT2D eigenvalue weighted by molar-refractivity contribution is 5.99. The first-order valence-electron chi connectivity index (χ1n) is 9.01. The van der Waals surface area contributed by atoms with Gasteiger partial charge in [-0.05, 0) is 29.2 Å². The van der Waals surface area contributed by atoms with Crippen molar-refractivity contribution in [2.24, 2.45) is 5.41 Å². The Hall–Kier alpha value is -2.35. The maximum absolute atomic E-state index is 13.2. The van der Waals surface area contributed by atoms with Crippen LogP contribution in [-0.2, 0) is 4.79 Å². The summed E-state index contributed by atoms with van der Waals surface area (Å²) >= 11 is 0. The molecule has 0 fully saturated rings. The maximum atomic E-state index is 13.2. The molecule has 1 aliphatic rings. The molecule has 1 heterocycles. The van der Waals surface area contributed by atoms with E-state index in [0.29, 0.717) is 6.54 Å². The molecule has 0 unspecified atom stereocenters. The highest BCUT2D eigenvalue weighted by Gasteiger charge is 2.32. The Bertz CT molecular complexity index is 692. The number of fused-ring (bicyclic) bond motifs is 1. The number of amides is 1. The van der Waals surface area contributed by atoms with Gasteiger partial charge >= 0.3 is 0 Å². The van der Waals surface area contributed by atoms with Gasteiger partial charge in [0.25, 0.3) is 0 Å². The third-order valence-electron chi connectivity index (χ3n) is 4.54. The molecule has 25 heavy (non-hydrogen) atoms. The van der Waals surface area contributed by atoms with Crippen LogP contribution >= 0.6 is 0 Å². The van der Waals surface area contributed by atoms with E-state index in [-0.39, 0.29) is 5.91 Å². The van der Waals surface area contributed by atoms with Gasteiger partial charge in [0, 0.05) is 5.41 Å². The van der Waals surface area contributed by atoms with E-state index in [1.807, 2.05) is 88.1 Å². The van der Waals surface area contributed by atoms with Crippen molar-refractivity contribution >= 4 is 17.7 Å². The van der Waals surface area contributed by atoms with Gasteiger partial charge in [-0.2, -0.15) is 0 Å². The van der Waals surface area contributed by atoms with Gasteiger partial charge in [-0.25, -0.2) is 0 Å². The molecular weight excluding hydrogens is 306 g/mol. The summed E-state index contributed by atoms with van der Waals surface area (Å²) in [6, 6.07) is 8.00. The summed E-state index contributed by atoms with van der Waals surface area (Å²) in [4.78, 5) is 15.0. The van der Waals surface area contributed by atoms with Crippen LogP contribution in [0.4, 0.5) is 5.69 Å². The van der Waals surface area contributed by atoms with Crippen molar-refractivity contribution in [2.75, 3.05) is 11.4 Å². The molecule has 1 aliphatic heterocycles. The van der Waals surface area contributed by atoms with Crippen molar-refractivity contribution in [3.63, 3.8) is 0 Å². The number of allylic oxidation sites excluding steroid dienone is 3. The first-order chi connectivity index (χ1) is 11.9. The molecule has 0 aliphatic carbocycles. The fourth-order valence-corrected chi connectivity index (χ4v) is 2.59. The van der Waals surface area contributed by atoms with Crippen LogP contribution in [0.5, 0.6) is 0 Å². The fraction of sp³-hybridized carbons (Fsp3) is 0.348. The molecule has 1 aromatic rings. The fourth-order valence-electron chi connectivity index (χ4n) is 2.59. The van der Waals surface area contributed by atoms with Gasteiger partial charge in [-0.1, -0.05) is 90.3 Å². The third-order valence-corrected chi connectivity index (χ3v) is 4.54. The molecule has 1 aromatic carbocycles. The molecular formula is C23H31NO. The van der Waals surface area contributed by atoms with Gasteiger partial charge in [0.05, 0.1) is 12.2 Å². The number of hydrogen-bond acceptors (Lipinski definition) is 1. The van der Waals surface area contributed by atoms with Crippen molar-refractivity contribution in [1.29, 1.82) is 0 Å². The normalized spacial score (nSPS) is 18.0. The highest BCUT2D eigenvalue weighted by Crippen LogP contribution is 2.32. The second-order valence-electron chi connectivity index (χ2n) is 6.41. The van der Waals surface area contributed by atoms with E-state index in [2.05, 4.69) is 13.2 Å². The topological polar surface area (TPSA) is 20.3 Å². The van der Waals surface area contributed by atoms with E-state index in [4.69, 9.17) is 0 Å². The second kappa shape index (κ2) is 9.22. The van der Waals surface area contributed by atoms with Crippen LogP contribution in [-0.4, -0.2) is 12.5 Å². The van der Waals surface area contributed by atoms with Crippen LogP contribution < -0.4 is 4.90 Å². The Morgan fingerprint density at radius 2 is 1.80 bits per heavy atom. The van der Waals surface area contributed by atoms with Crippen LogP contribution in [0.3, 0.4) is 0 Å². The number of nitrogens with zero attached hydrogens (tertiary/aromatic N) is 1. The van der Waals surface area contributed by atoms with E-state index in [0.717, 1.165) is 28.8 Å². The lowest BCUT2D eigenvalue weighted by molar-refractivity contribution is -0.126. The first-order valence-corrected chi connectivity index (χ1v) is 9.01. The number of benzene rings is 1. The Morgan fingerprint density at radius 1 is 1.16 bits per heavy atom. The Labute approximate surface area is 153 Å². The number of para-hydroxylation sites is 1. The van der Waals surface area contributed by atoms with Gasteiger partial charge < -0.3 is 4.90 Å². The van der Waals surface area contributed by atoms with Gasteiger partial charge in [0.1, 0.15) is 0 Å². The summed E-state index contributed by atoms with van der Waals surface area (Å²) in [7, 11) is 0. The highest BCUT2D eigenvalue weighted by atomic mass is 16.2. The monoisotopic (exact) mass is 337 g/mol. The lowest BCUT2D eigenvalue weighted by Gasteiger charge is -2.33. The van der Waals surface area contributed by atoms with Crippen LogP contribution in [0.25, 0.3) is 6.08 Å². The minimum atomic E-state index is -0.406. The second-order valence-corrected chi connectivity index (χ2v) is 6.41. The molecule has 0 aromatic heterocycles. The van der Waals surface area contributed by atoms with E-state index in [1.54, 1.807) is 0 Å². The Morgan fingerprint density at radius 3 is 2.36 bits per heavy atom. The van der Waals surface area contributed by atoms with Gasteiger partial charge in [0.2, 0.25) is 5.91 Å². The molecule has 0 radical (unpaired) electrons. The number of carbonyl (C=O) groups excluding carboxylic acids is 1. The largest absolute Gasteiger partial charge is 0.307 e. The predicted octanol–water partition coefficient (Wildman–Crippen LogP) is 6.18. The number of anilines is 1. The summed E-state index contributed by atoms with van der Waals surface area (Å²) in [5.74, 6) is 0.130. The summed E-state index contributed by atoms with van der Waals surface area (Å²) in [5.41, 5.74) is 3.58. The molecule has 0 saturated heterocycles. The summed E-state index contributed by atoms with van der Waals surface area (Å²) < 4.78 is 0. The van der Waals surface area contributed by atoms with Gasteiger partial charge in [-0.3, -0.25) is 4.79 Å². The molecule has 134 valence electrons. The molecule has 0 bridgehead atoms. The Balaban J connectivity index is 0.00000151. The minimum absolute atomic E-state index is 0.130. The molecule has 2 nitrogen and oxygen atoms in total. The first kappa shape index (κ1) is 20.7. The lowest BCUT2D eigenvalue weighted by atomic mass is 9.87.